The maximum Gasteiger partial charge on any atom is 0.343 e. The molecule has 0 N–H and O–H groups in total. The molecule has 2 rings (SSSR count). The number of benzene rings is 2. The summed E-state index contributed by atoms with van der Waals surface area (Å²) in [4.78, 5) is 12.3. The van der Waals surface area contributed by atoms with E-state index >= 15 is 0 Å². The van der Waals surface area contributed by atoms with Crippen molar-refractivity contribution < 1.29 is 9.53 Å². The third-order valence-corrected chi connectivity index (χ3v) is 3.78. The molecule has 2 aromatic carbocycles. The molecule has 0 aromatic heterocycles. The molecule has 2 nitrogen and oxygen atoms in total. The first-order chi connectivity index (χ1) is 10.4. The zero-order valence-corrected chi connectivity index (χ0v) is 14.0. The number of esters is 1. The average molecular weight is 296 g/mol. The van der Waals surface area contributed by atoms with Crippen LogP contribution in [-0.4, -0.2) is 5.97 Å². The van der Waals surface area contributed by atoms with Crippen molar-refractivity contribution in [1.82, 2.24) is 0 Å². The lowest BCUT2D eigenvalue weighted by atomic mass is 9.95. The van der Waals surface area contributed by atoms with E-state index in [9.17, 15) is 4.79 Å². The van der Waals surface area contributed by atoms with Crippen LogP contribution in [0.4, 0.5) is 0 Å². The van der Waals surface area contributed by atoms with Crippen LogP contribution in [0.5, 0.6) is 5.75 Å². The molecule has 0 unspecified atom stereocenters. The van der Waals surface area contributed by atoms with Gasteiger partial charge in [0, 0.05) is 0 Å². The highest BCUT2D eigenvalue weighted by Gasteiger charge is 2.12. The highest BCUT2D eigenvalue weighted by molar-refractivity contribution is 5.91. The lowest BCUT2D eigenvalue weighted by Gasteiger charge is -2.14. The van der Waals surface area contributed by atoms with Crippen molar-refractivity contribution in [2.45, 2.75) is 46.5 Å². The largest absolute Gasteiger partial charge is 0.423 e. The zero-order chi connectivity index (χ0) is 16.3. The molecule has 0 aliphatic rings. The topological polar surface area (TPSA) is 26.3 Å². The lowest BCUT2D eigenvalue weighted by molar-refractivity contribution is 0.0734. The van der Waals surface area contributed by atoms with Gasteiger partial charge in [-0.2, -0.15) is 0 Å². The minimum atomic E-state index is -0.310. The summed E-state index contributed by atoms with van der Waals surface area (Å²) >= 11 is 0. The van der Waals surface area contributed by atoms with Crippen LogP contribution in [0.25, 0.3) is 0 Å². The maximum atomic E-state index is 12.3. The molecule has 0 fully saturated rings. The van der Waals surface area contributed by atoms with Crippen molar-refractivity contribution in [2.24, 2.45) is 0 Å². The van der Waals surface area contributed by atoms with Crippen molar-refractivity contribution in [3.63, 3.8) is 0 Å². The highest BCUT2D eigenvalue weighted by Crippen LogP contribution is 2.27. The molecular weight excluding hydrogens is 272 g/mol. The van der Waals surface area contributed by atoms with E-state index in [1.807, 2.05) is 31.2 Å². The molecule has 0 aliphatic carbocycles. The lowest BCUT2D eigenvalue weighted by Crippen LogP contribution is -2.09. The van der Waals surface area contributed by atoms with Gasteiger partial charge in [0.25, 0.3) is 0 Å². The van der Waals surface area contributed by atoms with Crippen molar-refractivity contribution in [1.29, 1.82) is 0 Å². The van der Waals surface area contributed by atoms with E-state index in [4.69, 9.17) is 4.74 Å². The number of carbonyl (C=O) groups excluding carboxylic acids is 1. The third-order valence-electron chi connectivity index (χ3n) is 3.78. The van der Waals surface area contributed by atoms with Crippen molar-refractivity contribution >= 4 is 5.97 Å². The fraction of sp³-hybridized carbons (Fsp3) is 0.350. The van der Waals surface area contributed by atoms with Gasteiger partial charge in [0.15, 0.2) is 0 Å². The number of hydrogen-bond acceptors (Lipinski definition) is 2. The van der Waals surface area contributed by atoms with Crippen LogP contribution in [0, 0.1) is 6.92 Å². The molecule has 22 heavy (non-hydrogen) atoms. The van der Waals surface area contributed by atoms with Gasteiger partial charge in [0.05, 0.1) is 5.56 Å². The number of ether oxygens (including phenoxy) is 1. The van der Waals surface area contributed by atoms with Gasteiger partial charge in [-0.1, -0.05) is 51.5 Å². The summed E-state index contributed by atoms with van der Waals surface area (Å²) in [6, 6.07) is 13.5. The smallest absolute Gasteiger partial charge is 0.343 e. The van der Waals surface area contributed by atoms with Crippen molar-refractivity contribution in [3.05, 3.63) is 64.7 Å². The molecule has 0 aliphatic heterocycles. The van der Waals surface area contributed by atoms with Crippen LogP contribution >= 0.6 is 0 Å². The number of aryl methyl sites for hydroxylation is 1. The summed E-state index contributed by atoms with van der Waals surface area (Å²) in [6.45, 7) is 10.6. The summed E-state index contributed by atoms with van der Waals surface area (Å²) in [6.07, 6.45) is 0. The fourth-order valence-corrected chi connectivity index (χ4v) is 2.23. The van der Waals surface area contributed by atoms with Gasteiger partial charge in [-0.3, -0.25) is 0 Å². The van der Waals surface area contributed by atoms with Crippen LogP contribution in [0.3, 0.4) is 0 Å². The second-order valence-electron chi connectivity index (χ2n) is 6.40. The summed E-state index contributed by atoms with van der Waals surface area (Å²) in [5, 5.41) is 0. The Hall–Kier alpha value is -2.09. The minimum Gasteiger partial charge on any atom is -0.423 e. The Labute approximate surface area is 133 Å². The maximum absolute atomic E-state index is 12.3. The number of rotatable bonds is 4. The Balaban J connectivity index is 2.28. The summed E-state index contributed by atoms with van der Waals surface area (Å²) in [5.74, 6) is 1.11. The second-order valence-corrected chi connectivity index (χ2v) is 6.40. The van der Waals surface area contributed by atoms with E-state index in [1.165, 1.54) is 11.1 Å². The number of carbonyl (C=O) groups is 1. The fourth-order valence-electron chi connectivity index (χ4n) is 2.23. The normalized spacial score (nSPS) is 11.0. The van der Waals surface area contributed by atoms with E-state index in [2.05, 4.69) is 33.8 Å². The van der Waals surface area contributed by atoms with Gasteiger partial charge in [0.2, 0.25) is 0 Å². The standard InChI is InChI=1S/C20H24O2/c1-13(2)17-10-18(14(3)4)12-19(11-17)22-20(21)16-8-6-15(5)7-9-16/h6-14H,1-5H3. The van der Waals surface area contributed by atoms with Crippen molar-refractivity contribution in [2.75, 3.05) is 0 Å². The second kappa shape index (κ2) is 6.78. The van der Waals surface area contributed by atoms with Gasteiger partial charge < -0.3 is 4.74 Å². The van der Waals surface area contributed by atoms with Gasteiger partial charge in [-0.25, -0.2) is 4.79 Å². The quantitative estimate of drug-likeness (QED) is 0.553. The summed E-state index contributed by atoms with van der Waals surface area (Å²) < 4.78 is 5.58. The molecule has 0 saturated heterocycles. The Bertz CT molecular complexity index is 626. The van der Waals surface area contributed by atoms with Crippen molar-refractivity contribution in [3.8, 4) is 5.75 Å². The van der Waals surface area contributed by atoms with E-state index in [0.29, 0.717) is 23.1 Å². The van der Waals surface area contributed by atoms with E-state index in [0.717, 1.165) is 5.56 Å². The number of hydrogen-bond donors (Lipinski definition) is 0. The Morgan fingerprint density at radius 1 is 0.864 bits per heavy atom. The minimum absolute atomic E-state index is 0.310. The molecule has 0 heterocycles. The van der Waals surface area contributed by atoms with Crippen LogP contribution in [0.1, 0.15) is 66.6 Å². The van der Waals surface area contributed by atoms with E-state index in [1.54, 1.807) is 12.1 Å². The monoisotopic (exact) mass is 296 g/mol. The molecule has 0 bridgehead atoms. The van der Waals surface area contributed by atoms with E-state index in [-0.39, 0.29) is 5.97 Å². The Morgan fingerprint density at radius 2 is 1.36 bits per heavy atom. The van der Waals surface area contributed by atoms with E-state index < -0.39 is 0 Å². The zero-order valence-electron chi connectivity index (χ0n) is 14.0. The summed E-state index contributed by atoms with van der Waals surface area (Å²) in [5.41, 5.74) is 4.09. The van der Waals surface area contributed by atoms with Crippen LogP contribution in [0.15, 0.2) is 42.5 Å². The Kier molecular flexibility index (Phi) is 5.02. The van der Waals surface area contributed by atoms with Crippen LogP contribution in [-0.2, 0) is 0 Å². The molecule has 0 saturated carbocycles. The van der Waals surface area contributed by atoms with Gasteiger partial charge >= 0.3 is 5.97 Å². The SMILES string of the molecule is Cc1ccc(C(=O)Oc2cc(C(C)C)cc(C(C)C)c2)cc1. The third kappa shape index (κ3) is 3.97. The molecule has 116 valence electrons. The molecule has 2 aromatic rings. The predicted molar refractivity (Wildman–Crippen MR) is 90.8 cm³/mol. The Morgan fingerprint density at radius 3 is 1.82 bits per heavy atom. The van der Waals surface area contributed by atoms with Crippen LogP contribution in [0.2, 0.25) is 0 Å². The first kappa shape index (κ1) is 16.3. The van der Waals surface area contributed by atoms with Crippen LogP contribution < -0.4 is 4.74 Å². The molecular formula is C20H24O2. The first-order valence-electron chi connectivity index (χ1n) is 7.80. The van der Waals surface area contributed by atoms with Gasteiger partial charge in [-0.05, 0) is 54.2 Å². The molecule has 0 amide bonds. The molecule has 0 radical (unpaired) electrons. The summed E-state index contributed by atoms with van der Waals surface area (Å²) in [7, 11) is 0. The van der Waals surface area contributed by atoms with Gasteiger partial charge in [0.1, 0.15) is 5.75 Å². The average Bonchev–Trinajstić information content (AvgIpc) is 2.47. The molecule has 0 spiro atoms. The molecule has 0 atom stereocenters. The van der Waals surface area contributed by atoms with Gasteiger partial charge in [-0.15, -0.1) is 0 Å². The molecule has 2 heteroatoms. The predicted octanol–water partition coefficient (Wildman–Crippen LogP) is 5.46. The highest BCUT2D eigenvalue weighted by atomic mass is 16.5. The first-order valence-corrected chi connectivity index (χ1v) is 7.80.